The van der Waals surface area contributed by atoms with Crippen molar-refractivity contribution in [1.82, 2.24) is 19.9 Å². The molecule has 0 radical (unpaired) electrons. The zero-order valence-electron chi connectivity index (χ0n) is 13.3. The summed E-state index contributed by atoms with van der Waals surface area (Å²) < 4.78 is 13.0. The Morgan fingerprint density at radius 3 is 2.17 bits per heavy atom. The van der Waals surface area contributed by atoms with E-state index in [0.717, 1.165) is 43.3 Å². The minimum absolute atomic E-state index is 0.395. The van der Waals surface area contributed by atoms with Gasteiger partial charge in [-0.3, -0.25) is 0 Å². The maximum atomic E-state index is 13.0. The predicted molar refractivity (Wildman–Crippen MR) is 84.9 cm³/mol. The van der Waals surface area contributed by atoms with E-state index >= 15 is 0 Å². The number of nitrogens with zero attached hydrogens (tertiary/aromatic N) is 6. The van der Waals surface area contributed by atoms with Crippen molar-refractivity contribution < 1.29 is 4.39 Å². The number of aromatic nitrogens is 4. The smallest absolute Gasteiger partial charge is 0.225 e. The predicted octanol–water partition coefficient (Wildman–Crippen LogP) is 1.60. The number of fused-ring (bicyclic) bond motifs is 1. The second-order valence-electron chi connectivity index (χ2n) is 6.44. The van der Waals surface area contributed by atoms with Crippen LogP contribution in [0.1, 0.15) is 11.3 Å². The molecule has 2 aromatic rings. The Labute approximate surface area is 134 Å². The molecule has 2 unspecified atom stereocenters. The van der Waals surface area contributed by atoms with Gasteiger partial charge in [0.05, 0.1) is 12.4 Å². The monoisotopic (exact) mass is 314 g/mol. The molecule has 120 valence electrons. The Morgan fingerprint density at radius 2 is 1.52 bits per heavy atom. The summed E-state index contributed by atoms with van der Waals surface area (Å²) in [6.45, 7) is 7.90. The van der Waals surface area contributed by atoms with Crippen molar-refractivity contribution in [3.05, 3.63) is 35.8 Å². The number of hydrogen-bond acceptors (Lipinski definition) is 6. The van der Waals surface area contributed by atoms with Crippen LogP contribution in [0.25, 0.3) is 0 Å². The minimum Gasteiger partial charge on any atom is -0.356 e. The van der Waals surface area contributed by atoms with Crippen LogP contribution in [0.4, 0.5) is 16.2 Å². The summed E-state index contributed by atoms with van der Waals surface area (Å²) in [5.41, 5.74) is 2.19. The maximum absolute atomic E-state index is 13.0. The van der Waals surface area contributed by atoms with Gasteiger partial charge in [-0.1, -0.05) is 0 Å². The summed E-state index contributed by atoms with van der Waals surface area (Å²) in [5, 5.41) is 0. The first-order chi connectivity index (χ1) is 11.1. The van der Waals surface area contributed by atoms with Gasteiger partial charge in [0.2, 0.25) is 5.95 Å². The average Bonchev–Trinajstić information content (AvgIpc) is 3.09. The molecule has 0 amide bonds. The van der Waals surface area contributed by atoms with E-state index in [9.17, 15) is 4.39 Å². The first-order valence-corrected chi connectivity index (χ1v) is 7.87. The second-order valence-corrected chi connectivity index (χ2v) is 6.44. The first kappa shape index (κ1) is 14.3. The van der Waals surface area contributed by atoms with Gasteiger partial charge in [0.1, 0.15) is 12.1 Å². The molecular weight excluding hydrogens is 295 g/mol. The first-order valence-electron chi connectivity index (χ1n) is 7.87. The van der Waals surface area contributed by atoms with Gasteiger partial charge in [0.25, 0.3) is 0 Å². The van der Waals surface area contributed by atoms with Crippen molar-refractivity contribution >= 4 is 11.8 Å². The summed E-state index contributed by atoms with van der Waals surface area (Å²) >= 11 is 0. The quantitative estimate of drug-likeness (QED) is 0.839. The molecular formula is C16H19FN6. The van der Waals surface area contributed by atoms with E-state index in [-0.39, 0.29) is 0 Å². The van der Waals surface area contributed by atoms with E-state index in [4.69, 9.17) is 0 Å². The Balaban J connectivity index is 1.48. The van der Waals surface area contributed by atoms with Gasteiger partial charge in [-0.2, -0.15) is 0 Å². The largest absolute Gasteiger partial charge is 0.356 e. The van der Waals surface area contributed by atoms with Crippen LogP contribution in [-0.4, -0.2) is 46.1 Å². The fraction of sp³-hybridized carbons (Fsp3) is 0.500. The number of hydrogen-bond donors (Lipinski definition) is 0. The van der Waals surface area contributed by atoms with Gasteiger partial charge in [-0.05, 0) is 13.8 Å². The normalized spacial score (nSPS) is 23.4. The molecule has 2 aliphatic rings. The lowest BCUT2D eigenvalue weighted by Gasteiger charge is -2.23. The summed E-state index contributed by atoms with van der Waals surface area (Å²) in [4.78, 5) is 21.4. The lowest BCUT2D eigenvalue weighted by Crippen LogP contribution is -2.30. The summed E-state index contributed by atoms with van der Waals surface area (Å²) in [6, 6.07) is 0. The molecule has 0 aromatic carbocycles. The number of anilines is 2. The SMILES string of the molecule is Cc1ncnc(N2CC3CN(c4ncc(F)cn4)CC3C2)c1C. The molecule has 7 heteroatoms. The number of halogens is 1. The number of rotatable bonds is 2. The van der Waals surface area contributed by atoms with Gasteiger partial charge in [-0.15, -0.1) is 0 Å². The number of aryl methyl sites for hydroxylation is 1. The van der Waals surface area contributed by atoms with Crippen LogP contribution in [0.3, 0.4) is 0 Å². The van der Waals surface area contributed by atoms with Crippen molar-refractivity contribution in [2.75, 3.05) is 36.0 Å². The zero-order valence-corrected chi connectivity index (χ0v) is 13.3. The Morgan fingerprint density at radius 1 is 0.913 bits per heavy atom. The zero-order chi connectivity index (χ0) is 16.0. The maximum Gasteiger partial charge on any atom is 0.225 e. The molecule has 0 aliphatic carbocycles. The van der Waals surface area contributed by atoms with Gasteiger partial charge in [0.15, 0.2) is 5.82 Å². The molecule has 0 spiro atoms. The topological polar surface area (TPSA) is 58.0 Å². The van der Waals surface area contributed by atoms with Gasteiger partial charge < -0.3 is 9.80 Å². The molecule has 4 rings (SSSR count). The van der Waals surface area contributed by atoms with E-state index in [1.807, 2.05) is 6.92 Å². The van der Waals surface area contributed by atoms with Gasteiger partial charge in [0, 0.05) is 49.3 Å². The molecule has 2 atom stereocenters. The van der Waals surface area contributed by atoms with Crippen molar-refractivity contribution in [2.45, 2.75) is 13.8 Å². The molecule has 6 nitrogen and oxygen atoms in total. The Bertz CT molecular complexity index is 705. The van der Waals surface area contributed by atoms with Crippen LogP contribution in [0.15, 0.2) is 18.7 Å². The molecule has 0 bridgehead atoms. The van der Waals surface area contributed by atoms with Crippen LogP contribution >= 0.6 is 0 Å². The van der Waals surface area contributed by atoms with Crippen LogP contribution in [0, 0.1) is 31.5 Å². The highest BCUT2D eigenvalue weighted by molar-refractivity contribution is 5.49. The highest BCUT2D eigenvalue weighted by Crippen LogP contribution is 2.35. The lowest BCUT2D eigenvalue weighted by atomic mass is 10.0. The third-order valence-electron chi connectivity index (χ3n) is 4.98. The minimum atomic E-state index is -0.395. The Kier molecular flexibility index (Phi) is 3.36. The third kappa shape index (κ3) is 2.50. The molecule has 0 N–H and O–H groups in total. The highest BCUT2D eigenvalue weighted by Gasteiger charge is 2.41. The summed E-state index contributed by atoms with van der Waals surface area (Å²) in [7, 11) is 0. The van der Waals surface area contributed by atoms with Crippen molar-refractivity contribution in [2.24, 2.45) is 11.8 Å². The standard InChI is InChI=1S/C16H19FN6/c1-10-11(2)20-9-21-15(10)22-5-12-7-23(8-13(12)6-22)16-18-3-14(17)4-19-16/h3-4,9,12-13H,5-8H2,1-2H3. The fourth-order valence-electron chi connectivity index (χ4n) is 3.64. The average molecular weight is 314 g/mol. The van der Waals surface area contributed by atoms with Crippen LogP contribution < -0.4 is 9.80 Å². The second kappa shape index (κ2) is 5.40. The van der Waals surface area contributed by atoms with Crippen molar-refractivity contribution in [3.63, 3.8) is 0 Å². The van der Waals surface area contributed by atoms with Crippen LogP contribution in [0.2, 0.25) is 0 Å². The third-order valence-corrected chi connectivity index (χ3v) is 4.98. The molecule has 23 heavy (non-hydrogen) atoms. The lowest BCUT2D eigenvalue weighted by molar-refractivity contribution is 0.533. The summed E-state index contributed by atoms with van der Waals surface area (Å²) in [6.07, 6.45) is 4.11. The van der Waals surface area contributed by atoms with E-state index in [1.54, 1.807) is 6.33 Å². The van der Waals surface area contributed by atoms with Crippen molar-refractivity contribution in [1.29, 1.82) is 0 Å². The van der Waals surface area contributed by atoms with Crippen molar-refractivity contribution in [3.8, 4) is 0 Å². The highest BCUT2D eigenvalue weighted by atomic mass is 19.1. The Hall–Kier alpha value is -2.31. The molecule has 2 aliphatic heterocycles. The van der Waals surface area contributed by atoms with Gasteiger partial charge >= 0.3 is 0 Å². The molecule has 2 aromatic heterocycles. The molecule has 0 saturated carbocycles. The molecule has 2 saturated heterocycles. The van der Waals surface area contributed by atoms with E-state index in [0.29, 0.717) is 17.8 Å². The molecule has 2 fully saturated rings. The van der Waals surface area contributed by atoms with Crippen LogP contribution in [0.5, 0.6) is 0 Å². The van der Waals surface area contributed by atoms with E-state index < -0.39 is 5.82 Å². The van der Waals surface area contributed by atoms with Gasteiger partial charge in [-0.25, -0.2) is 24.3 Å². The van der Waals surface area contributed by atoms with E-state index in [2.05, 4.69) is 36.7 Å². The van der Waals surface area contributed by atoms with Crippen LogP contribution in [-0.2, 0) is 0 Å². The molecule has 4 heterocycles. The summed E-state index contributed by atoms with van der Waals surface area (Å²) in [5.74, 6) is 2.42. The fourth-order valence-corrected chi connectivity index (χ4v) is 3.64. The van der Waals surface area contributed by atoms with E-state index in [1.165, 1.54) is 12.4 Å².